The van der Waals surface area contributed by atoms with E-state index >= 15 is 0 Å². The number of aromatic nitrogens is 2. The number of carbonyl (C=O) groups is 1. The van der Waals surface area contributed by atoms with Crippen LogP contribution in [0.2, 0.25) is 0 Å². The molecule has 1 heterocycles. The molecule has 4 heteroatoms. The molecule has 0 spiro atoms. The number of ketones is 1. The van der Waals surface area contributed by atoms with Crippen LogP contribution in [0.4, 0.5) is 0 Å². The van der Waals surface area contributed by atoms with Gasteiger partial charge in [-0.1, -0.05) is 0 Å². The van der Waals surface area contributed by atoms with E-state index in [1.807, 2.05) is 19.4 Å². The summed E-state index contributed by atoms with van der Waals surface area (Å²) in [4.78, 5) is 11.0. The molecular weight excluding hydrogens is 192 g/mol. The van der Waals surface area contributed by atoms with Gasteiger partial charge in [0.1, 0.15) is 5.78 Å². The Balaban J connectivity index is 1.76. The number of ether oxygens (including phenoxy) is 1. The van der Waals surface area contributed by atoms with E-state index in [2.05, 4.69) is 5.10 Å². The molecule has 82 valence electrons. The first-order chi connectivity index (χ1) is 7.24. The normalized spacial score (nSPS) is 18.3. The number of rotatable bonds is 3. The lowest BCUT2D eigenvalue weighted by Gasteiger charge is -2.20. The number of aryl methyl sites for hydroxylation is 1. The number of carbonyl (C=O) groups excluding carboxylic acids is 1. The molecule has 0 N–H and O–H groups in total. The van der Waals surface area contributed by atoms with E-state index in [-0.39, 0.29) is 6.10 Å². The minimum absolute atomic E-state index is 0.253. The summed E-state index contributed by atoms with van der Waals surface area (Å²) in [6.45, 7) is 0.604. The van der Waals surface area contributed by atoms with Crippen molar-refractivity contribution in [1.29, 1.82) is 0 Å². The van der Waals surface area contributed by atoms with Crippen LogP contribution in [-0.4, -0.2) is 21.7 Å². The Kier molecular flexibility index (Phi) is 3.16. The molecule has 1 saturated carbocycles. The van der Waals surface area contributed by atoms with Crippen molar-refractivity contribution in [2.75, 3.05) is 0 Å². The summed E-state index contributed by atoms with van der Waals surface area (Å²) < 4.78 is 7.49. The molecule has 0 bridgehead atoms. The monoisotopic (exact) mass is 208 g/mol. The Labute approximate surface area is 89.2 Å². The van der Waals surface area contributed by atoms with Crippen molar-refractivity contribution in [3.8, 4) is 0 Å². The smallest absolute Gasteiger partial charge is 0.133 e. The molecule has 0 aromatic carbocycles. The maximum absolute atomic E-state index is 11.0. The summed E-state index contributed by atoms with van der Waals surface area (Å²) >= 11 is 0. The van der Waals surface area contributed by atoms with Gasteiger partial charge in [0.25, 0.3) is 0 Å². The van der Waals surface area contributed by atoms with E-state index in [9.17, 15) is 4.79 Å². The zero-order valence-corrected chi connectivity index (χ0v) is 8.98. The second-order valence-corrected chi connectivity index (χ2v) is 4.07. The summed E-state index contributed by atoms with van der Waals surface area (Å²) in [7, 11) is 1.89. The molecule has 1 fully saturated rings. The van der Waals surface area contributed by atoms with Gasteiger partial charge in [-0.05, 0) is 12.8 Å². The first-order valence-electron chi connectivity index (χ1n) is 5.35. The molecule has 1 aliphatic carbocycles. The predicted octanol–water partition coefficient (Wildman–Crippen LogP) is 1.45. The van der Waals surface area contributed by atoms with Gasteiger partial charge in [0.05, 0.1) is 18.9 Å². The third-order valence-corrected chi connectivity index (χ3v) is 2.73. The predicted molar refractivity (Wildman–Crippen MR) is 55.3 cm³/mol. The van der Waals surface area contributed by atoms with Gasteiger partial charge >= 0.3 is 0 Å². The zero-order chi connectivity index (χ0) is 10.7. The first kappa shape index (κ1) is 10.4. The fraction of sp³-hybridized carbons (Fsp3) is 0.636. The van der Waals surface area contributed by atoms with Crippen molar-refractivity contribution in [3.63, 3.8) is 0 Å². The second kappa shape index (κ2) is 4.57. The quantitative estimate of drug-likeness (QED) is 0.755. The maximum Gasteiger partial charge on any atom is 0.133 e. The molecule has 0 atom stereocenters. The highest BCUT2D eigenvalue weighted by Gasteiger charge is 2.18. The molecule has 15 heavy (non-hydrogen) atoms. The van der Waals surface area contributed by atoms with E-state index in [1.54, 1.807) is 4.68 Å². The van der Waals surface area contributed by atoms with Crippen molar-refractivity contribution >= 4 is 5.78 Å². The van der Waals surface area contributed by atoms with E-state index in [1.165, 1.54) is 0 Å². The van der Waals surface area contributed by atoms with E-state index in [0.29, 0.717) is 25.2 Å². The van der Waals surface area contributed by atoms with Gasteiger partial charge in [0.2, 0.25) is 0 Å². The van der Waals surface area contributed by atoms with Gasteiger partial charge in [-0.3, -0.25) is 9.48 Å². The molecule has 0 aliphatic heterocycles. The van der Waals surface area contributed by atoms with Crippen LogP contribution >= 0.6 is 0 Å². The van der Waals surface area contributed by atoms with Crippen LogP contribution in [0.5, 0.6) is 0 Å². The van der Waals surface area contributed by atoms with E-state index in [0.717, 1.165) is 18.4 Å². The number of nitrogens with zero attached hydrogens (tertiary/aromatic N) is 2. The first-order valence-corrected chi connectivity index (χ1v) is 5.35. The maximum atomic E-state index is 11.0. The van der Waals surface area contributed by atoms with Crippen molar-refractivity contribution in [1.82, 2.24) is 9.78 Å². The Morgan fingerprint density at radius 2 is 2.27 bits per heavy atom. The highest BCUT2D eigenvalue weighted by Crippen LogP contribution is 2.19. The van der Waals surface area contributed by atoms with Crippen LogP contribution < -0.4 is 0 Å². The lowest BCUT2D eigenvalue weighted by atomic mass is 9.96. The van der Waals surface area contributed by atoms with Crippen molar-refractivity contribution in [2.24, 2.45) is 7.05 Å². The average Bonchev–Trinajstić information content (AvgIpc) is 2.64. The number of hydrogen-bond acceptors (Lipinski definition) is 3. The molecular formula is C11H16N2O2. The standard InChI is InChI=1S/C11H16N2O2/c1-13-7-9(6-12-13)8-15-11-4-2-10(14)3-5-11/h6-7,11H,2-5,8H2,1H3. The van der Waals surface area contributed by atoms with Crippen LogP contribution in [-0.2, 0) is 23.2 Å². The minimum Gasteiger partial charge on any atom is -0.373 e. The Hall–Kier alpha value is -1.16. The van der Waals surface area contributed by atoms with Crippen LogP contribution in [0.1, 0.15) is 31.2 Å². The summed E-state index contributed by atoms with van der Waals surface area (Å²) in [5, 5.41) is 4.07. The fourth-order valence-electron chi connectivity index (χ4n) is 1.84. The Morgan fingerprint density at radius 3 is 2.87 bits per heavy atom. The van der Waals surface area contributed by atoms with E-state index < -0.39 is 0 Å². The Bertz CT molecular complexity index is 336. The average molecular weight is 208 g/mol. The highest BCUT2D eigenvalue weighted by atomic mass is 16.5. The van der Waals surface area contributed by atoms with Gasteiger partial charge in [-0.25, -0.2) is 0 Å². The molecule has 1 aromatic heterocycles. The summed E-state index contributed by atoms with van der Waals surface area (Å²) in [5.41, 5.74) is 1.09. The second-order valence-electron chi connectivity index (χ2n) is 4.07. The van der Waals surface area contributed by atoms with Crippen LogP contribution in [0.3, 0.4) is 0 Å². The Morgan fingerprint density at radius 1 is 1.53 bits per heavy atom. The molecule has 0 saturated heterocycles. The van der Waals surface area contributed by atoms with Crippen LogP contribution in [0.15, 0.2) is 12.4 Å². The van der Waals surface area contributed by atoms with Crippen molar-refractivity contribution in [3.05, 3.63) is 18.0 Å². The SMILES string of the molecule is Cn1cc(COC2CCC(=O)CC2)cn1. The van der Waals surface area contributed by atoms with Gasteiger partial charge in [-0.15, -0.1) is 0 Å². The lowest BCUT2D eigenvalue weighted by molar-refractivity contribution is -0.123. The largest absolute Gasteiger partial charge is 0.373 e. The van der Waals surface area contributed by atoms with Crippen LogP contribution in [0.25, 0.3) is 0 Å². The summed E-state index contributed by atoms with van der Waals surface area (Å²) in [6.07, 6.45) is 7.12. The lowest BCUT2D eigenvalue weighted by Crippen LogP contribution is -2.21. The molecule has 2 rings (SSSR count). The van der Waals surface area contributed by atoms with Gasteiger partial charge in [0.15, 0.2) is 0 Å². The highest BCUT2D eigenvalue weighted by molar-refractivity contribution is 5.79. The van der Waals surface area contributed by atoms with Crippen molar-refractivity contribution < 1.29 is 9.53 Å². The molecule has 0 amide bonds. The third kappa shape index (κ3) is 2.89. The van der Waals surface area contributed by atoms with Gasteiger partial charge in [0, 0.05) is 31.6 Å². The molecule has 0 radical (unpaired) electrons. The number of Topliss-reactive ketones (excluding diaryl/α,β-unsaturated/α-hetero) is 1. The van der Waals surface area contributed by atoms with Crippen molar-refractivity contribution in [2.45, 2.75) is 38.4 Å². The fourth-order valence-corrected chi connectivity index (χ4v) is 1.84. The van der Waals surface area contributed by atoms with Gasteiger partial charge in [-0.2, -0.15) is 5.10 Å². The van der Waals surface area contributed by atoms with E-state index in [4.69, 9.17) is 4.74 Å². The zero-order valence-electron chi connectivity index (χ0n) is 8.98. The molecule has 0 unspecified atom stereocenters. The molecule has 1 aliphatic rings. The molecule has 4 nitrogen and oxygen atoms in total. The number of hydrogen-bond donors (Lipinski definition) is 0. The topological polar surface area (TPSA) is 44.1 Å². The minimum atomic E-state index is 0.253. The third-order valence-electron chi connectivity index (χ3n) is 2.73. The molecule has 1 aromatic rings. The summed E-state index contributed by atoms with van der Waals surface area (Å²) in [6, 6.07) is 0. The summed E-state index contributed by atoms with van der Waals surface area (Å²) in [5.74, 6) is 0.372. The van der Waals surface area contributed by atoms with Crippen LogP contribution in [0, 0.1) is 0 Å². The van der Waals surface area contributed by atoms with Gasteiger partial charge < -0.3 is 4.74 Å².